The summed E-state index contributed by atoms with van der Waals surface area (Å²) < 4.78 is 7.94. The van der Waals surface area contributed by atoms with Crippen LogP contribution in [0.3, 0.4) is 0 Å². The van der Waals surface area contributed by atoms with Gasteiger partial charge >= 0.3 is 11.8 Å². The molecule has 2 heterocycles. The van der Waals surface area contributed by atoms with Gasteiger partial charge in [-0.3, -0.25) is 9.48 Å². The van der Waals surface area contributed by atoms with Gasteiger partial charge in [-0.2, -0.15) is 10.1 Å². The fraction of sp³-hybridized carbons (Fsp3) is 0.667. The average Bonchev–Trinajstić information content (AvgIpc) is 3.38. The molecular weight excluding hydrogens is 398 g/mol. The number of rotatable bonds is 5. The predicted molar refractivity (Wildman–Crippen MR) is 98.7 cm³/mol. The van der Waals surface area contributed by atoms with E-state index in [0.29, 0.717) is 18.3 Å². The molecule has 2 aliphatic rings. The topological polar surface area (TPSA) is 85.8 Å². The van der Waals surface area contributed by atoms with Crippen LogP contribution in [0.2, 0.25) is 0 Å². The first-order valence-electron chi connectivity index (χ1n) is 9.25. The molecule has 1 amide bonds. The fourth-order valence-corrected chi connectivity index (χ4v) is 4.94. The van der Waals surface area contributed by atoms with Crippen molar-refractivity contribution >= 4 is 21.8 Å². The number of aromatic nitrogens is 4. The van der Waals surface area contributed by atoms with Crippen molar-refractivity contribution in [2.24, 2.45) is 17.8 Å². The van der Waals surface area contributed by atoms with Crippen LogP contribution in [0.5, 0.6) is 0 Å². The van der Waals surface area contributed by atoms with E-state index in [1.165, 1.54) is 25.7 Å². The van der Waals surface area contributed by atoms with Gasteiger partial charge in [-0.1, -0.05) is 11.6 Å². The zero-order chi connectivity index (χ0) is 18.4. The Kier molecular flexibility index (Phi) is 4.62. The summed E-state index contributed by atoms with van der Waals surface area (Å²) in [6.07, 6.45) is 5.22. The van der Waals surface area contributed by atoms with Crippen molar-refractivity contribution in [3.8, 4) is 0 Å². The Hall–Kier alpha value is -1.70. The molecule has 0 spiro atoms. The summed E-state index contributed by atoms with van der Waals surface area (Å²) in [5, 5.41) is 11.4. The van der Waals surface area contributed by atoms with Gasteiger partial charge in [-0.25, -0.2) is 0 Å². The third-order valence-corrected chi connectivity index (χ3v) is 7.19. The summed E-state index contributed by atoms with van der Waals surface area (Å²) >= 11 is 3.50. The molecular formula is C18H24BrN5O2. The highest BCUT2D eigenvalue weighted by Gasteiger charge is 2.42. The Morgan fingerprint density at radius 1 is 1.38 bits per heavy atom. The van der Waals surface area contributed by atoms with Crippen molar-refractivity contribution < 1.29 is 9.32 Å². The Bertz CT molecular complexity index is 830. The van der Waals surface area contributed by atoms with Gasteiger partial charge < -0.3 is 9.84 Å². The Balaban J connectivity index is 1.39. The normalized spacial score (nSPS) is 25.6. The minimum atomic E-state index is -0.284. The zero-order valence-electron chi connectivity index (χ0n) is 15.3. The quantitative estimate of drug-likeness (QED) is 0.800. The lowest BCUT2D eigenvalue weighted by Gasteiger charge is -2.28. The van der Waals surface area contributed by atoms with E-state index in [0.717, 1.165) is 27.7 Å². The SMILES string of the molecule is Cc1nn(Cc2noc(C(=O)N[C@H](C)[C@H]3C[C@@H]4CC[C@@H]3C4)n2)c(C)c1Br. The van der Waals surface area contributed by atoms with E-state index in [-0.39, 0.29) is 17.8 Å². The number of hydrogen-bond donors (Lipinski definition) is 1. The maximum absolute atomic E-state index is 12.5. The molecule has 140 valence electrons. The maximum atomic E-state index is 12.5. The van der Waals surface area contributed by atoms with Gasteiger partial charge in [0.25, 0.3) is 0 Å². The first-order chi connectivity index (χ1) is 12.4. The van der Waals surface area contributed by atoms with E-state index in [4.69, 9.17) is 4.52 Å². The van der Waals surface area contributed by atoms with Crippen LogP contribution in [0.1, 0.15) is 60.5 Å². The van der Waals surface area contributed by atoms with Crippen molar-refractivity contribution in [1.82, 2.24) is 25.2 Å². The van der Waals surface area contributed by atoms with Gasteiger partial charge in [0.05, 0.1) is 15.9 Å². The van der Waals surface area contributed by atoms with Crippen LogP contribution in [0.4, 0.5) is 0 Å². The van der Waals surface area contributed by atoms with E-state index >= 15 is 0 Å². The highest BCUT2D eigenvalue weighted by molar-refractivity contribution is 9.10. The highest BCUT2D eigenvalue weighted by atomic mass is 79.9. The van der Waals surface area contributed by atoms with Gasteiger partial charge in [0.1, 0.15) is 6.54 Å². The minimum absolute atomic E-state index is 0.0237. The molecule has 0 radical (unpaired) electrons. The molecule has 0 unspecified atom stereocenters. The third-order valence-electron chi connectivity index (χ3n) is 6.04. The van der Waals surface area contributed by atoms with E-state index < -0.39 is 0 Å². The number of hydrogen-bond acceptors (Lipinski definition) is 5. The van der Waals surface area contributed by atoms with E-state index in [2.05, 4.69) is 43.4 Å². The van der Waals surface area contributed by atoms with Crippen LogP contribution in [0, 0.1) is 31.6 Å². The fourth-order valence-electron chi connectivity index (χ4n) is 4.66. The lowest BCUT2D eigenvalue weighted by molar-refractivity contribution is 0.0871. The lowest BCUT2D eigenvalue weighted by atomic mass is 9.84. The van der Waals surface area contributed by atoms with Crippen LogP contribution in [-0.4, -0.2) is 31.9 Å². The standard InChI is InChI=1S/C18H24BrN5O2/c1-9(14-7-12-4-5-13(14)6-12)20-17(25)18-21-15(23-26-18)8-24-11(3)16(19)10(2)22-24/h9,12-14H,4-8H2,1-3H3,(H,20,25)/t9-,12-,13-,14-/m1/s1. The molecule has 26 heavy (non-hydrogen) atoms. The third kappa shape index (κ3) is 3.19. The average molecular weight is 422 g/mol. The maximum Gasteiger partial charge on any atom is 0.316 e. The largest absolute Gasteiger partial charge is 0.345 e. The number of carbonyl (C=O) groups excluding carboxylic acids is 1. The van der Waals surface area contributed by atoms with Crippen LogP contribution < -0.4 is 5.32 Å². The molecule has 2 bridgehead atoms. The first-order valence-corrected chi connectivity index (χ1v) is 10.0. The number of aryl methyl sites for hydroxylation is 1. The number of nitrogens with zero attached hydrogens (tertiary/aromatic N) is 4. The van der Waals surface area contributed by atoms with Crippen LogP contribution in [-0.2, 0) is 6.54 Å². The highest BCUT2D eigenvalue weighted by Crippen LogP contribution is 2.49. The predicted octanol–water partition coefficient (Wildman–Crippen LogP) is 3.25. The number of halogens is 1. The molecule has 2 saturated carbocycles. The summed E-state index contributed by atoms with van der Waals surface area (Å²) in [4.78, 5) is 16.7. The monoisotopic (exact) mass is 421 g/mol. The summed E-state index contributed by atoms with van der Waals surface area (Å²) in [5.74, 6) is 2.38. The Morgan fingerprint density at radius 3 is 2.81 bits per heavy atom. The summed E-state index contributed by atoms with van der Waals surface area (Å²) in [7, 11) is 0. The van der Waals surface area contributed by atoms with Crippen LogP contribution in [0.15, 0.2) is 9.00 Å². The molecule has 2 fully saturated rings. The molecule has 2 aromatic heterocycles. The summed E-state index contributed by atoms with van der Waals surface area (Å²) in [5.41, 5.74) is 1.90. The summed E-state index contributed by atoms with van der Waals surface area (Å²) in [6, 6.07) is 0.139. The first kappa shape index (κ1) is 17.7. The molecule has 0 saturated heterocycles. The van der Waals surface area contributed by atoms with Gasteiger partial charge in [-0.05, 0) is 73.7 Å². The second-order valence-corrected chi connectivity index (χ2v) is 8.55. The minimum Gasteiger partial charge on any atom is -0.345 e. The van der Waals surface area contributed by atoms with E-state index in [9.17, 15) is 4.79 Å². The Morgan fingerprint density at radius 2 is 2.19 bits per heavy atom. The molecule has 4 atom stereocenters. The van der Waals surface area contributed by atoms with Crippen molar-refractivity contribution in [2.45, 2.75) is 59.0 Å². The molecule has 2 aliphatic carbocycles. The van der Waals surface area contributed by atoms with E-state index in [1.54, 1.807) is 4.68 Å². The molecule has 2 aromatic rings. The number of carbonyl (C=O) groups is 1. The number of amides is 1. The smallest absolute Gasteiger partial charge is 0.316 e. The molecule has 7 nitrogen and oxygen atoms in total. The molecule has 1 N–H and O–H groups in total. The van der Waals surface area contributed by atoms with Crippen molar-refractivity contribution in [2.75, 3.05) is 0 Å². The van der Waals surface area contributed by atoms with Crippen molar-refractivity contribution in [3.05, 3.63) is 27.6 Å². The van der Waals surface area contributed by atoms with E-state index in [1.807, 2.05) is 13.8 Å². The molecule has 0 aromatic carbocycles. The second-order valence-electron chi connectivity index (χ2n) is 7.76. The van der Waals surface area contributed by atoms with Crippen LogP contribution in [0.25, 0.3) is 0 Å². The van der Waals surface area contributed by atoms with Gasteiger partial charge in [0, 0.05) is 6.04 Å². The molecule has 4 rings (SSSR count). The molecule has 0 aliphatic heterocycles. The van der Waals surface area contributed by atoms with Gasteiger partial charge in [-0.15, -0.1) is 0 Å². The lowest BCUT2D eigenvalue weighted by Crippen LogP contribution is -2.40. The van der Waals surface area contributed by atoms with Gasteiger partial charge in [0.2, 0.25) is 0 Å². The van der Waals surface area contributed by atoms with Gasteiger partial charge in [0.15, 0.2) is 5.82 Å². The number of fused-ring (bicyclic) bond motifs is 2. The number of nitrogens with one attached hydrogen (secondary N) is 1. The van der Waals surface area contributed by atoms with Crippen molar-refractivity contribution in [3.63, 3.8) is 0 Å². The molecule has 8 heteroatoms. The van der Waals surface area contributed by atoms with Crippen LogP contribution >= 0.6 is 15.9 Å². The van der Waals surface area contributed by atoms with Crippen molar-refractivity contribution in [1.29, 1.82) is 0 Å². The second kappa shape index (κ2) is 6.79. The zero-order valence-corrected chi connectivity index (χ0v) is 16.9. The summed E-state index contributed by atoms with van der Waals surface area (Å²) in [6.45, 7) is 6.36. The Labute approximate surface area is 161 Å².